The molecule has 10 heteroatoms. The number of halogens is 2. The molecule has 0 aromatic heterocycles. The first-order valence-electron chi connectivity index (χ1n) is 11.1. The number of hydrogen-bond donors (Lipinski definition) is 1. The SMILES string of the molecule is CCCNC(=O)C(C)N(Cc1ccc(F)cc1)C(=O)CCCN(c1ccccc1F)S(C)(=O)=O. The molecule has 0 radical (unpaired) electrons. The van der Waals surface area contributed by atoms with Gasteiger partial charge in [0.05, 0.1) is 11.9 Å². The highest BCUT2D eigenvalue weighted by atomic mass is 32.2. The Morgan fingerprint density at radius 2 is 1.71 bits per heavy atom. The van der Waals surface area contributed by atoms with E-state index in [1.54, 1.807) is 6.92 Å². The lowest BCUT2D eigenvalue weighted by Crippen LogP contribution is -2.47. The fraction of sp³-hybridized carbons (Fsp3) is 0.417. The normalized spacial score (nSPS) is 12.1. The van der Waals surface area contributed by atoms with Crippen molar-refractivity contribution in [3.8, 4) is 0 Å². The van der Waals surface area contributed by atoms with Crippen molar-refractivity contribution >= 4 is 27.5 Å². The van der Waals surface area contributed by atoms with Gasteiger partial charge < -0.3 is 10.2 Å². The number of nitrogens with one attached hydrogen (secondary N) is 1. The van der Waals surface area contributed by atoms with Crippen molar-refractivity contribution in [2.24, 2.45) is 0 Å². The van der Waals surface area contributed by atoms with Gasteiger partial charge in [-0.1, -0.05) is 31.2 Å². The lowest BCUT2D eigenvalue weighted by atomic mass is 10.1. The van der Waals surface area contributed by atoms with Crippen LogP contribution in [0.15, 0.2) is 48.5 Å². The first-order valence-corrected chi connectivity index (χ1v) is 12.9. The third-order valence-electron chi connectivity index (χ3n) is 5.26. The molecule has 0 aliphatic heterocycles. The fourth-order valence-corrected chi connectivity index (χ4v) is 4.37. The molecule has 34 heavy (non-hydrogen) atoms. The van der Waals surface area contributed by atoms with E-state index in [4.69, 9.17) is 0 Å². The number of amides is 2. The van der Waals surface area contributed by atoms with E-state index in [-0.39, 0.29) is 43.4 Å². The number of hydrogen-bond acceptors (Lipinski definition) is 4. The Bertz CT molecular complexity index is 1080. The standard InChI is InChI=1S/C24H31F2N3O4S/c1-4-15-27-24(31)18(2)28(17-19-11-13-20(25)14-12-19)23(30)10-7-16-29(34(3,32)33)22-9-6-5-8-21(22)26/h5-6,8-9,11-14,18H,4,7,10,15-17H2,1-3H3,(H,27,31). The lowest BCUT2D eigenvalue weighted by molar-refractivity contribution is -0.140. The third-order valence-corrected chi connectivity index (χ3v) is 6.44. The zero-order valence-electron chi connectivity index (χ0n) is 19.6. The predicted molar refractivity (Wildman–Crippen MR) is 128 cm³/mol. The summed E-state index contributed by atoms with van der Waals surface area (Å²) >= 11 is 0. The van der Waals surface area contributed by atoms with Gasteiger partial charge in [0, 0.05) is 26.1 Å². The van der Waals surface area contributed by atoms with Crippen LogP contribution >= 0.6 is 0 Å². The van der Waals surface area contributed by atoms with Crippen molar-refractivity contribution in [2.75, 3.05) is 23.7 Å². The molecule has 1 atom stereocenters. The molecule has 1 N–H and O–H groups in total. The van der Waals surface area contributed by atoms with Crippen LogP contribution in [0.25, 0.3) is 0 Å². The topological polar surface area (TPSA) is 86.8 Å². The highest BCUT2D eigenvalue weighted by molar-refractivity contribution is 7.92. The summed E-state index contributed by atoms with van der Waals surface area (Å²) in [5, 5.41) is 2.76. The number of benzene rings is 2. The molecule has 1 unspecified atom stereocenters. The Balaban J connectivity index is 2.15. The molecule has 0 bridgehead atoms. The Hall–Kier alpha value is -3.01. The van der Waals surface area contributed by atoms with Crippen LogP contribution in [0.1, 0.15) is 38.7 Å². The zero-order chi connectivity index (χ0) is 25.3. The van der Waals surface area contributed by atoms with Crippen molar-refractivity contribution in [2.45, 2.75) is 45.7 Å². The van der Waals surface area contributed by atoms with Gasteiger partial charge in [-0.25, -0.2) is 17.2 Å². The van der Waals surface area contributed by atoms with Gasteiger partial charge in [0.2, 0.25) is 21.8 Å². The van der Waals surface area contributed by atoms with E-state index in [1.165, 1.54) is 53.4 Å². The monoisotopic (exact) mass is 495 g/mol. The smallest absolute Gasteiger partial charge is 0.242 e. The van der Waals surface area contributed by atoms with E-state index in [2.05, 4.69) is 5.32 Å². The first-order chi connectivity index (χ1) is 16.0. The zero-order valence-corrected chi connectivity index (χ0v) is 20.4. The van der Waals surface area contributed by atoms with Gasteiger partial charge in [-0.05, 0) is 49.6 Å². The summed E-state index contributed by atoms with van der Waals surface area (Å²) in [4.78, 5) is 27.0. The van der Waals surface area contributed by atoms with Gasteiger partial charge in [-0.2, -0.15) is 0 Å². The maximum atomic E-state index is 14.2. The Morgan fingerprint density at radius 1 is 1.06 bits per heavy atom. The van der Waals surface area contributed by atoms with Crippen LogP contribution < -0.4 is 9.62 Å². The van der Waals surface area contributed by atoms with Crippen molar-refractivity contribution in [3.05, 3.63) is 65.7 Å². The van der Waals surface area contributed by atoms with E-state index in [0.717, 1.165) is 17.0 Å². The first kappa shape index (κ1) is 27.2. The van der Waals surface area contributed by atoms with Gasteiger partial charge >= 0.3 is 0 Å². The number of para-hydroxylation sites is 1. The minimum Gasteiger partial charge on any atom is -0.354 e. The Morgan fingerprint density at radius 3 is 2.29 bits per heavy atom. The Labute approximate surface area is 199 Å². The molecule has 0 saturated carbocycles. The molecule has 186 valence electrons. The summed E-state index contributed by atoms with van der Waals surface area (Å²) in [7, 11) is -3.78. The van der Waals surface area contributed by atoms with Crippen molar-refractivity contribution in [1.82, 2.24) is 10.2 Å². The number of nitrogens with zero attached hydrogens (tertiary/aromatic N) is 2. The molecule has 2 rings (SSSR count). The predicted octanol–water partition coefficient (Wildman–Crippen LogP) is 3.45. The minimum atomic E-state index is -3.78. The van der Waals surface area contributed by atoms with Crippen molar-refractivity contribution < 1.29 is 26.8 Å². The average Bonchev–Trinajstić information content (AvgIpc) is 2.79. The van der Waals surface area contributed by atoms with Crippen LogP contribution in [0.2, 0.25) is 0 Å². The van der Waals surface area contributed by atoms with E-state index >= 15 is 0 Å². The van der Waals surface area contributed by atoms with E-state index in [9.17, 15) is 26.8 Å². The third kappa shape index (κ3) is 7.79. The summed E-state index contributed by atoms with van der Waals surface area (Å²) in [5.74, 6) is -1.78. The highest BCUT2D eigenvalue weighted by Crippen LogP contribution is 2.22. The summed E-state index contributed by atoms with van der Waals surface area (Å²) in [6.07, 6.45) is 1.76. The quantitative estimate of drug-likeness (QED) is 0.489. The number of rotatable bonds is 12. The van der Waals surface area contributed by atoms with Crippen LogP contribution in [-0.2, 0) is 26.2 Å². The summed E-state index contributed by atoms with van der Waals surface area (Å²) in [5.41, 5.74) is 0.557. The second-order valence-electron chi connectivity index (χ2n) is 8.01. The second-order valence-corrected chi connectivity index (χ2v) is 9.91. The molecule has 0 fully saturated rings. The molecule has 0 saturated heterocycles. The summed E-state index contributed by atoms with van der Waals surface area (Å²) in [6.45, 7) is 3.97. The van der Waals surface area contributed by atoms with Crippen LogP contribution in [0, 0.1) is 11.6 Å². The maximum absolute atomic E-state index is 14.2. The fourth-order valence-electron chi connectivity index (χ4n) is 3.40. The lowest BCUT2D eigenvalue weighted by Gasteiger charge is -2.29. The molecular formula is C24H31F2N3O4S. The van der Waals surface area contributed by atoms with Gasteiger partial charge in [0.1, 0.15) is 17.7 Å². The molecule has 2 amide bonds. The van der Waals surface area contributed by atoms with Gasteiger partial charge in [0.15, 0.2) is 0 Å². The van der Waals surface area contributed by atoms with Gasteiger partial charge in [-0.15, -0.1) is 0 Å². The van der Waals surface area contributed by atoms with Crippen LogP contribution in [-0.4, -0.2) is 50.5 Å². The number of carbonyl (C=O) groups is 2. The number of carbonyl (C=O) groups excluding carboxylic acids is 2. The maximum Gasteiger partial charge on any atom is 0.242 e. The van der Waals surface area contributed by atoms with E-state index in [0.29, 0.717) is 12.1 Å². The molecule has 0 heterocycles. The molecule has 2 aromatic rings. The van der Waals surface area contributed by atoms with Crippen molar-refractivity contribution in [3.63, 3.8) is 0 Å². The summed E-state index contributed by atoms with van der Waals surface area (Å²) in [6, 6.07) is 10.4. The summed E-state index contributed by atoms with van der Waals surface area (Å²) < 4.78 is 52.9. The second kappa shape index (κ2) is 12.5. The van der Waals surface area contributed by atoms with Crippen LogP contribution in [0.5, 0.6) is 0 Å². The molecule has 0 aliphatic rings. The van der Waals surface area contributed by atoms with Crippen LogP contribution in [0.3, 0.4) is 0 Å². The van der Waals surface area contributed by atoms with E-state index in [1.807, 2.05) is 6.92 Å². The largest absolute Gasteiger partial charge is 0.354 e. The van der Waals surface area contributed by atoms with Crippen molar-refractivity contribution in [1.29, 1.82) is 0 Å². The Kier molecular flexibility index (Phi) is 9.97. The number of sulfonamides is 1. The number of anilines is 1. The molecular weight excluding hydrogens is 464 g/mol. The average molecular weight is 496 g/mol. The van der Waals surface area contributed by atoms with Gasteiger partial charge in [-0.3, -0.25) is 13.9 Å². The van der Waals surface area contributed by atoms with E-state index < -0.39 is 27.7 Å². The minimum absolute atomic E-state index is 0.0624. The molecule has 7 nitrogen and oxygen atoms in total. The molecule has 0 aliphatic carbocycles. The van der Waals surface area contributed by atoms with Gasteiger partial charge in [0.25, 0.3) is 0 Å². The van der Waals surface area contributed by atoms with Crippen LogP contribution in [0.4, 0.5) is 14.5 Å². The molecule has 2 aromatic carbocycles. The molecule has 0 spiro atoms. The highest BCUT2D eigenvalue weighted by Gasteiger charge is 2.27.